The maximum Gasteiger partial charge on any atom is 0.242 e. The first-order valence-electron chi connectivity index (χ1n) is 5.92. The van der Waals surface area contributed by atoms with E-state index in [2.05, 4.69) is 9.71 Å². The van der Waals surface area contributed by atoms with Crippen molar-refractivity contribution in [3.63, 3.8) is 0 Å². The van der Waals surface area contributed by atoms with Crippen LogP contribution in [-0.4, -0.2) is 13.4 Å². The molecule has 0 aliphatic heterocycles. The summed E-state index contributed by atoms with van der Waals surface area (Å²) >= 11 is 13.4. The van der Waals surface area contributed by atoms with Gasteiger partial charge in [0.25, 0.3) is 0 Å². The lowest BCUT2D eigenvalue weighted by Crippen LogP contribution is -2.24. The molecule has 3 N–H and O–H groups in total. The number of nitrogens with zero attached hydrogens (tertiary/aromatic N) is 1. The molecular weight excluding hydrogens is 353 g/mol. The van der Waals surface area contributed by atoms with Gasteiger partial charge in [0.2, 0.25) is 10.0 Å². The number of aryl methyl sites for hydroxylation is 1. The molecule has 0 spiro atoms. The Morgan fingerprint density at radius 3 is 2.67 bits per heavy atom. The summed E-state index contributed by atoms with van der Waals surface area (Å²) < 4.78 is 27.2. The van der Waals surface area contributed by atoms with E-state index in [4.69, 9.17) is 28.9 Å². The fraction of sp³-hybridized carbons (Fsp3) is 0.250. The number of aromatic nitrogens is 1. The van der Waals surface area contributed by atoms with E-state index < -0.39 is 10.0 Å². The van der Waals surface area contributed by atoms with E-state index in [9.17, 15) is 8.42 Å². The fourth-order valence-corrected chi connectivity index (χ4v) is 4.44. The van der Waals surface area contributed by atoms with E-state index >= 15 is 0 Å². The summed E-state index contributed by atoms with van der Waals surface area (Å²) in [5.74, 6) is 0. The Morgan fingerprint density at radius 2 is 2.10 bits per heavy atom. The van der Waals surface area contributed by atoms with Crippen LogP contribution < -0.4 is 10.5 Å². The summed E-state index contributed by atoms with van der Waals surface area (Å²) in [6.07, 6.45) is 0. The maximum atomic E-state index is 12.3. The summed E-state index contributed by atoms with van der Waals surface area (Å²) in [5.41, 5.74) is 8.42. The lowest BCUT2D eigenvalue weighted by Gasteiger charge is -2.11. The molecule has 0 aliphatic carbocycles. The van der Waals surface area contributed by atoms with Crippen LogP contribution in [0.15, 0.2) is 22.5 Å². The van der Waals surface area contributed by atoms with Crippen molar-refractivity contribution in [3.8, 4) is 0 Å². The zero-order valence-corrected chi connectivity index (χ0v) is 14.2. The minimum Gasteiger partial charge on any atom is -0.326 e. The second kappa shape index (κ2) is 6.60. The molecule has 2 rings (SSSR count). The molecule has 0 aliphatic rings. The number of nitrogens with two attached hydrogens (primary N) is 1. The zero-order chi connectivity index (χ0) is 15.6. The molecule has 0 amide bonds. The average Bonchev–Trinajstić information content (AvgIpc) is 2.82. The number of nitrogens with one attached hydrogen (secondary N) is 1. The Morgan fingerprint density at radius 1 is 1.38 bits per heavy atom. The Kier molecular flexibility index (Phi) is 5.24. The van der Waals surface area contributed by atoms with Crippen molar-refractivity contribution >= 4 is 44.6 Å². The highest BCUT2D eigenvalue weighted by atomic mass is 35.5. The molecule has 1 aromatic carbocycles. The van der Waals surface area contributed by atoms with Crippen molar-refractivity contribution in [3.05, 3.63) is 43.8 Å². The summed E-state index contributed by atoms with van der Waals surface area (Å²) in [6, 6.07) is 2.84. The van der Waals surface area contributed by atoms with Crippen LogP contribution in [-0.2, 0) is 23.1 Å². The molecule has 2 aromatic rings. The quantitative estimate of drug-likeness (QED) is 0.852. The molecule has 0 fully saturated rings. The molecule has 1 aromatic heterocycles. The Hall–Kier alpha value is -0.700. The van der Waals surface area contributed by atoms with Gasteiger partial charge in [0.05, 0.1) is 16.2 Å². The molecule has 21 heavy (non-hydrogen) atoms. The molecule has 9 heteroatoms. The number of thiazole rings is 1. The fourth-order valence-electron chi connectivity index (χ4n) is 1.71. The SMILES string of the molecule is Cc1ncsc1CNS(=O)(=O)c1ccc(Cl)c(CN)c1Cl. The van der Waals surface area contributed by atoms with E-state index in [1.165, 1.54) is 23.5 Å². The number of benzene rings is 1. The van der Waals surface area contributed by atoms with Gasteiger partial charge in [0.15, 0.2) is 0 Å². The van der Waals surface area contributed by atoms with Gasteiger partial charge < -0.3 is 5.73 Å². The van der Waals surface area contributed by atoms with Crippen LogP contribution in [0, 0.1) is 6.92 Å². The number of hydrogen-bond acceptors (Lipinski definition) is 5. The second-order valence-corrected chi connectivity index (χ2v) is 7.69. The third-order valence-electron chi connectivity index (χ3n) is 2.91. The molecule has 0 saturated carbocycles. The van der Waals surface area contributed by atoms with Crippen LogP contribution in [0.1, 0.15) is 16.1 Å². The van der Waals surface area contributed by atoms with Crippen molar-refractivity contribution in [1.82, 2.24) is 9.71 Å². The summed E-state index contributed by atoms with van der Waals surface area (Å²) in [5, 5.41) is 0.401. The summed E-state index contributed by atoms with van der Waals surface area (Å²) in [6.45, 7) is 2.05. The van der Waals surface area contributed by atoms with Crippen LogP contribution >= 0.6 is 34.5 Å². The topological polar surface area (TPSA) is 85.1 Å². The van der Waals surface area contributed by atoms with Crippen LogP contribution in [0.25, 0.3) is 0 Å². The van der Waals surface area contributed by atoms with Crippen molar-refractivity contribution in [2.75, 3.05) is 0 Å². The van der Waals surface area contributed by atoms with Crippen molar-refractivity contribution in [2.45, 2.75) is 24.9 Å². The van der Waals surface area contributed by atoms with Crippen LogP contribution in [0.3, 0.4) is 0 Å². The number of sulfonamides is 1. The van der Waals surface area contributed by atoms with Gasteiger partial charge in [-0.1, -0.05) is 23.2 Å². The van der Waals surface area contributed by atoms with Gasteiger partial charge in [-0.15, -0.1) is 11.3 Å². The molecular formula is C12H13Cl2N3O2S2. The van der Waals surface area contributed by atoms with E-state index in [1.807, 2.05) is 6.92 Å². The van der Waals surface area contributed by atoms with Crippen LogP contribution in [0.5, 0.6) is 0 Å². The maximum absolute atomic E-state index is 12.3. The Balaban J connectivity index is 2.30. The molecule has 0 atom stereocenters. The van der Waals surface area contributed by atoms with E-state index in [0.717, 1.165) is 10.6 Å². The highest BCUT2D eigenvalue weighted by Gasteiger charge is 2.21. The third-order valence-corrected chi connectivity index (χ3v) is 6.19. The second-order valence-electron chi connectivity index (χ2n) is 4.23. The van der Waals surface area contributed by atoms with Gasteiger partial charge in [0.1, 0.15) is 4.90 Å². The van der Waals surface area contributed by atoms with E-state index in [1.54, 1.807) is 5.51 Å². The highest BCUT2D eigenvalue weighted by Crippen LogP contribution is 2.30. The van der Waals surface area contributed by atoms with Crippen molar-refractivity contribution < 1.29 is 8.42 Å². The van der Waals surface area contributed by atoms with E-state index in [-0.39, 0.29) is 23.0 Å². The molecule has 0 saturated heterocycles. The van der Waals surface area contributed by atoms with Gasteiger partial charge in [0, 0.05) is 28.6 Å². The first kappa shape index (κ1) is 16.7. The van der Waals surface area contributed by atoms with Gasteiger partial charge in [-0.25, -0.2) is 18.1 Å². The Bertz CT molecular complexity index is 760. The summed E-state index contributed by atoms with van der Waals surface area (Å²) in [4.78, 5) is 4.89. The number of rotatable bonds is 5. The number of halogens is 2. The van der Waals surface area contributed by atoms with Crippen molar-refractivity contribution in [1.29, 1.82) is 0 Å². The average molecular weight is 366 g/mol. The molecule has 1 heterocycles. The van der Waals surface area contributed by atoms with Gasteiger partial charge in [-0.2, -0.15) is 0 Å². The zero-order valence-electron chi connectivity index (χ0n) is 11.1. The monoisotopic (exact) mass is 365 g/mol. The third kappa shape index (κ3) is 3.56. The van der Waals surface area contributed by atoms with Gasteiger partial charge >= 0.3 is 0 Å². The standard InChI is InChI=1S/C12H13Cl2N3O2S2/c1-7-10(20-6-16-7)5-17-21(18,19)11-3-2-9(13)8(4-15)12(11)14/h2-3,6,17H,4-5,15H2,1H3. The smallest absolute Gasteiger partial charge is 0.242 e. The minimum atomic E-state index is -3.75. The lowest BCUT2D eigenvalue weighted by atomic mass is 10.2. The van der Waals surface area contributed by atoms with Gasteiger partial charge in [-0.05, 0) is 19.1 Å². The van der Waals surface area contributed by atoms with Crippen molar-refractivity contribution in [2.24, 2.45) is 5.73 Å². The van der Waals surface area contributed by atoms with Gasteiger partial charge in [-0.3, -0.25) is 0 Å². The van der Waals surface area contributed by atoms with Crippen LogP contribution in [0.2, 0.25) is 10.0 Å². The predicted molar refractivity (Wildman–Crippen MR) is 85.2 cm³/mol. The normalized spacial score (nSPS) is 11.8. The molecule has 0 radical (unpaired) electrons. The minimum absolute atomic E-state index is 0.0313. The molecule has 0 unspecified atom stereocenters. The lowest BCUT2D eigenvalue weighted by molar-refractivity contribution is 0.581. The largest absolute Gasteiger partial charge is 0.326 e. The molecule has 114 valence electrons. The number of hydrogen-bond donors (Lipinski definition) is 2. The molecule has 0 bridgehead atoms. The van der Waals surface area contributed by atoms with Crippen LogP contribution in [0.4, 0.5) is 0 Å². The first-order chi connectivity index (χ1) is 9.86. The van der Waals surface area contributed by atoms with E-state index in [0.29, 0.717) is 10.6 Å². The predicted octanol–water partition coefficient (Wildman–Crippen LogP) is 2.70. The molecule has 5 nitrogen and oxygen atoms in total. The summed E-state index contributed by atoms with van der Waals surface area (Å²) in [7, 11) is -3.75. The Labute approximate surface area is 137 Å². The first-order valence-corrected chi connectivity index (χ1v) is 9.04. The highest BCUT2D eigenvalue weighted by molar-refractivity contribution is 7.89.